The van der Waals surface area contributed by atoms with Crippen LogP contribution < -0.4 is 4.74 Å². The van der Waals surface area contributed by atoms with Gasteiger partial charge in [0.25, 0.3) is 0 Å². The Balaban J connectivity index is 1.80. The highest BCUT2D eigenvalue weighted by atomic mass is 79.9. The summed E-state index contributed by atoms with van der Waals surface area (Å²) in [6.45, 7) is 0.947. The molecule has 4 heteroatoms. The molecule has 1 aliphatic rings. The largest absolute Gasteiger partial charge is 0.467 e. The minimum Gasteiger partial charge on any atom is -0.467 e. The Morgan fingerprint density at radius 2 is 2.12 bits per heavy atom. The molecule has 0 heterocycles. The molecule has 1 aliphatic carbocycles. The highest BCUT2D eigenvalue weighted by molar-refractivity contribution is 9.08. The van der Waals surface area contributed by atoms with E-state index in [1.165, 1.54) is 25.0 Å². The first-order chi connectivity index (χ1) is 7.78. The Morgan fingerprint density at radius 1 is 1.31 bits per heavy atom. The first kappa shape index (κ1) is 11.9. The van der Waals surface area contributed by atoms with Crippen molar-refractivity contribution in [3.63, 3.8) is 0 Å². The second kappa shape index (κ2) is 5.64. The lowest BCUT2D eigenvalue weighted by molar-refractivity contribution is 0.00981. The second-order valence-corrected chi connectivity index (χ2v) is 4.57. The van der Waals surface area contributed by atoms with Gasteiger partial charge in [-0.15, -0.1) is 0 Å². The maximum absolute atomic E-state index is 13.1. The number of hydrogen-bond acceptors (Lipinski definition) is 2. The molecule has 0 amide bonds. The molecular weight excluding hydrogens is 275 g/mol. The van der Waals surface area contributed by atoms with Crippen molar-refractivity contribution in [1.82, 2.24) is 0 Å². The second-order valence-electron chi connectivity index (χ2n) is 4.01. The van der Waals surface area contributed by atoms with E-state index in [0.717, 1.165) is 12.2 Å². The van der Waals surface area contributed by atoms with E-state index in [0.29, 0.717) is 17.0 Å². The van der Waals surface area contributed by atoms with Gasteiger partial charge in [0.15, 0.2) is 6.79 Å². The Kier molecular flexibility index (Phi) is 4.18. The molecule has 88 valence electrons. The van der Waals surface area contributed by atoms with E-state index in [-0.39, 0.29) is 12.6 Å². The van der Waals surface area contributed by atoms with Crippen molar-refractivity contribution in [3.8, 4) is 5.75 Å². The lowest BCUT2D eigenvalue weighted by Crippen LogP contribution is -2.05. The molecule has 0 unspecified atom stereocenters. The molecule has 1 fully saturated rings. The third-order valence-corrected chi connectivity index (χ3v) is 3.09. The van der Waals surface area contributed by atoms with Gasteiger partial charge < -0.3 is 9.47 Å². The van der Waals surface area contributed by atoms with Crippen LogP contribution in [0.2, 0.25) is 0 Å². The van der Waals surface area contributed by atoms with Gasteiger partial charge in [-0.3, -0.25) is 0 Å². The Morgan fingerprint density at radius 3 is 2.81 bits per heavy atom. The van der Waals surface area contributed by atoms with Gasteiger partial charge in [-0.25, -0.2) is 4.39 Å². The van der Waals surface area contributed by atoms with Crippen LogP contribution in [0.3, 0.4) is 0 Å². The summed E-state index contributed by atoms with van der Waals surface area (Å²) < 4.78 is 23.8. The molecule has 1 aromatic rings. The molecule has 0 atom stereocenters. The van der Waals surface area contributed by atoms with Gasteiger partial charge in [-0.1, -0.05) is 15.9 Å². The van der Waals surface area contributed by atoms with Crippen molar-refractivity contribution < 1.29 is 13.9 Å². The molecule has 0 saturated heterocycles. The standard InChI is InChI=1S/C12H14BrFO2/c13-6-10-3-11(14)5-12(4-10)16-8-15-7-9-1-2-9/h3-5,9H,1-2,6-8H2. The van der Waals surface area contributed by atoms with Crippen molar-refractivity contribution in [2.75, 3.05) is 13.4 Å². The zero-order chi connectivity index (χ0) is 11.4. The topological polar surface area (TPSA) is 18.5 Å². The highest BCUT2D eigenvalue weighted by Crippen LogP contribution is 2.28. The lowest BCUT2D eigenvalue weighted by Gasteiger charge is -2.08. The van der Waals surface area contributed by atoms with Gasteiger partial charge in [0.05, 0.1) is 6.61 Å². The quantitative estimate of drug-likeness (QED) is 0.453. The molecule has 0 bridgehead atoms. The lowest BCUT2D eigenvalue weighted by atomic mass is 10.2. The van der Waals surface area contributed by atoms with E-state index < -0.39 is 0 Å². The van der Waals surface area contributed by atoms with Crippen molar-refractivity contribution in [3.05, 3.63) is 29.6 Å². The zero-order valence-corrected chi connectivity index (χ0v) is 10.5. The summed E-state index contributed by atoms with van der Waals surface area (Å²) in [7, 11) is 0. The van der Waals surface area contributed by atoms with Crippen molar-refractivity contribution in [1.29, 1.82) is 0 Å². The first-order valence-electron chi connectivity index (χ1n) is 5.34. The fourth-order valence-electron chi connectivity index (χ4n) is 1.39. The van der Waals surface area contributed by atoms with Gasteiger partial charge in [-0.05, 0) is 36.5 Å². The van der Waals surface area contributed by atoms with Gasteiger partial charge in [-0.2, -0.15) is 0 Å². The van der Waals surface area contributed by atoms with Crippen LogP contribution in [0.4, 0.5) is 4.39 Å². The Hall–Kier alpha value is -0.610. The van der Waals surface area contributed by atoms with Crippen LogP contribution in [0.1, 0.15) is 18.4 Å². The van der Waals surface area contributed by atoms with Gasteiger partial charge in [0.2, 0.25) is 0 Å². The minimum atomic E-state index is -0.283. The summed E-state index contributed by atoms with van der Waals surface area (Å²) in [4.78, 5) is 0. The van der Waals surface area contributed by atoms with Crippen LogP contribution in [0.25, 0.3) is 0 Å². The predicted octanol–water partition coefficient (Wildman–Crippen LogP) is 3.48. The van der Waals surface area contributed by atoms with Crippen LogP contribution >= 0.6 is 15.9 Å². The summed E-state index contributed by atoms with van der Waals surface area (Å²) in [5.74, 6) is 0.952. The van der Waals surface area contributed by atoms with E-state index in [2.05, 4.69) is 15.9 Å². The number of alkyl halides is 1. The van der Waals surface area contributed by atoms with E-state index in [1.807, 2.05) is 0 Å². The SMILES string of the molecule is Fc1cc(CBr)cc(OCOCC2CC2)c1. The predicted molar refractivity (Wildman–Crippen MR) is 63.2 cm³/mol. The summed E-state index contributed by atoms with van der Waals surface area (Å²) in [5.41, 5.74) is 0.859. The number of rotatable bonds is 6. The summed E-state index contributed by atoms with van der Waals surface area (Å²) in [6, 6.07) is 4.65. The maximum Gasteiger partial charge on any atom is 0.189 e. The molecule has 0 aliphatic heterocycles. The van der Waals surface area contributed by atoms with Gasteiger partial charge in [0, 0.05) is 11.4 Å². The number of ether oxygens (including phenoxy) is 2. The molecule has 1 aromatic carbocycles. The molecule has 0 aromatic heterocycles. The average molecular weight is 289 g/mol. The van der Waals surface area contributed by atoms with E-state index in [1.54, 1.807) is 6.07 Å². The molecule has 0 radical (unpaired) electrons. The fourth-order valence-corrected chi connectivity index (χ4v) is 1.71. The molecule has 0 N–H and O–H groups in total. The first-order valence-corrected chi connectivity index (χ1v) is 6.46. The van der Waals surface area contributed by atoms with Gasteiger partial charge in [0.1, 0.15) is 11.6 Å². The van der Waals surface area contributed by atoms with E-state index >= 15 is 0 Å². The molecule has 2 rings (SSSR count). The van der Waals surface area contributed by atoms with Gasteiger partial charge >= 0.3 is 0 Å². The monoisotopic (exact) mass is 288 g/mol. The third-order valence-electron chi connectivity index (χ3n) is 2.44. The van der Waals surface area contributed by atoms with E-state index in [4.69, 9.17) is 9.47 Å². The number of benzene rings is 1. The Labute approximate surface area is 103 Å². The van der Waals surface area contributed by atoms with Crippen LogP contribution in [-0.4, -0.2) is 13.4 Å². The van der Waals surface area contributed by atoms with Crippen LogP contribution in [0.5, 0.6) is 5.75 Å². The van der Waals surface area contributed by atoms with Crippen molar-refractivity contribution in [2.24, 2.45) is 5.92 Å². The third kappa shape index (κ3) is 3.76. The minimum absolute atomic E-state index is 0.196. The summed E-state index contributed by atoms with van der Waals surface area (Å²) >= 11 is 3.28. The maximum atomic E-state index is 13.1. The molecule has 2 nitrogen and oxygen atoms in total. The van der Waals surface area contributed by atoms with Crippen molar-refractivity contribution >= 4 is 15.9 Å². The summed E-state index contributed by atoms with van der Waals surface area (Å²) in [6.07, 6.45) is 2.52. The molecular formula is C12H14BrFO2. The fraction of sp³-hybridized carbons (Fsp3) is 0.500. The number of halogens is 2. The molecule has 16 heavy (non-hydrogen) atoms. The van der Waals surface area contributed by atoms with E-state index in [9.17, 15) is 4.39 Å². The number of hydrogen-bond donors (Lipinski definition) is 0. The van der Waals surface area contributed by atoms with Crippen LogP contribution in [-0.2, 0) is 10.1 Å². The summed E-state index contributed by atoms with van der Waals surface area (Å²) in [5, 5.41) is 0.615. The highest BCUT2D eigenvalue weighted by Gasteiger charge is 2.21. The average Bonchev–Trinajstić information content (AvgIpc) is 3.07. The normalized spacial score (nSPS) is 15.1. The van der Waals surface area contributed by atoms with Crippen LogP contribution in [0, 0.1) is 11.7 Å². The molecule has 1 saturated carbocycles. The van der Waals surface area contributed by atoms with Crippen molar-refractivity contribution in [2.45, 2.75) is 18.2 Å². The smallest absolute Gasteiger partial charge is 0.189 e. The zero-order valence-electron chi connectivity index (χ0n) is 8.92. The Bertz CT molecular complexity index is 353. The van der Waals surface area contributed by atoms with Crippen LogP contribution in [0.15, 0.2) is 18.2 Å². The molecule has 0 spiro atoms.